The van der Waals surface area contributed by atoms with Crippen molar-refractivity contribution in [3.05, 3.63) is 71.8 Å². The number of hydrogen-bond donors (Lipinski definition) is 1. The molecule has 0 saturated carbocycles. The van der Waals surface area contributed by atoms with Crippen LogP contribution < -0.4 is 5.32 Å². The average Bonchev–Trinajstić information content (AvgIpc) is 2.60. The van der Waals surface area contributed by atoms with Crippen molar-refractivity contribution in [1.29, 1.82) is 0 Å². The van der Waals surface area contributed by atoms with Gasteiger partial charge in [0.2, 0.25) is 0 Å². The zero-order chi connectivity index (χ0) is 16.1. The fraction of sp³-hybridized carbons (Fsp3) is 0.263. The molecule has 1 atom stereocenters. The molecule has 1 aliphatic heterocycles. The third-order valence-corrected chi connectivity index (χ3v) is 5.40. The maximum Gasteiger partial charge on any atom is 0.0541 e. The van der Waals surface area contributed by atoms with Crippen LogP contribution in [-0.4, -0.2) is 31.1 Å². The highest BCUT2D eigenvalue weighted by Crippen LogP contribution is 2.36. The van der Waals surface area contributed by atoms with Gasteiger partial charge in [-0.05, 0) is 35.9 Å². The van der Waals surface area contributed by atoms with E-state index in [-0.39, 0.29) is 6.04 Å². The Morgan fingerprint density at radius 2 is 1.78 bits per heavy atom. The summed E-state index contributed by atoms with van der Waals surface area (Å²) in [6.45, 7) is 8.27. The summed E-state index contributed by atoms with van der Waals surface area (Å²) in [4.78, 5) is 4.97. The second-order valence-electron chi connectivity index (χ2n) is 5.56. The number of piperazine rings is 1. The fourth-order valence-corrected chi connectivity index (χ4v) is 3.99. The zero-order valence-corrected chi connectivity index (χ0v) is 14.6. The molecule has 23 heavy (non-hydrogen) atoms. The molecule has 0 bridgehead atoms. The molecule has 1 fully saturated rings. The molecule has 3 rings (SSSR count). The van der Waals surface area contributed by atoms with Gasteiger partial charge in [-0.1, -0.05) is 47.6 Å². The molecule has 0 unspecified atom stereocenters. The van der Waals surface area contributed by atoms with Crippen LogP contribution in [0.4, 0.5) is 0 Å². The van der Waals surface area contributed by atoms with Crippen LogP contribution in [0.2, 0.25) is 5.02 Å². The lowest BCUT2D eigenvalue weighted by Gasteiger charge is -2.34. The van der Waals surface area contributed by atoms with Crippen LogP contribution in [0.25, 0.3) is 0 Å². The van der Waals surface area contributed by atoms with E-state index in [0.29, 0.717) is 0 Å². The molecule has 1 N–H and O–H groups in total. The normalized spacial score (nSPS) is 16.9. The molecule has 0 amide bonds. The van der Waals surface area contributed by atoms with Gasteiger partial charge in [-0.3, -0.25) is 4.90 Å². The van der Waals surface area contributed by atoms with Crippen LogP contribution in [0.3, 0.4) is 0 Å². The van der Waals surface area contributed by atoms with Gasteiger partial charge in [0.15, 0.2) is 0 Å². The Kier molecular flexibility index (Phi) is 5.79. The van der Waals surface area contributed by atoms with Gasteiger partial charge in [0, 0.05) is 41.0 Å². The lowest BCUT2D eigenvalue weighted by Crippen LogP contribution is -2.44. The monoisotopic (exact) mass is 344 g/mol. The highest BCUT2D eigenvalue weighted by Gasteiger charge is 2.21. The van der Waals surface area contributed by atoms with E-state index in [1.54, 1.807) is 11.8 Å². The van der Waals surface area contributed by atoms with Gasteiger partial charge < -0.3 is 5.32 Å². The van der Waals surface area contributed by atoms with Gasteiger partial charge in [0.05, 0.1) is 6.04 Å². The predicted octanol–water partition coefficient (Wildman–Crippen LogP) is 4.62. The molecule has 0 spiro atoms. The van der Waals surface area contributed by atoms with Crippen molar-refractivity contribution in [2.75, 3.05) is 26.2 Å². The molecule has 0 radical (unpaired) electrons. The Morgan fingerprint density at radius 1 is 1.09 bits per heavy atom. The standard InChI is InChI=1S/C19H21ClN2S/c1-2-18(22-13-11-21-12-14-22)17-5-3-4-6-19(17)23-16-9-7-15(20)8-10-16/h2-10,18,21H,1,11-14H2/t18-/m0/s1. The second kappa shape index (κ2) is 8.02. The lowest BCUT2D eigenvalue weighted by molar-refractivity contribution is 0.202. The Hall–Kier alpha value is -1.26. The summed E-state index contributed by atoms with van der Waals surface area (Å²) in [5.74, 6) is 0. The number of hydrogen-bond acceptors (Lipinski definition) is 3. The first-order chi connectivity index (χ1) is 11.3. The van der Waals surface area contributed by atoms with Gasteiger partial charge >= 0.3 is 0 Å². The number of benzene rings is 2. The maximum absolute atomic E-state index is 5.99. The Labute approximate surface area is 147 Å². The van der Waals surface area contributed by atoms with E-state index in [9.17, 15) is 0 Å². The van der Waals surface area contributed by atoms with Gasteiger partial charge in [-0.2, -0.15) is 0 Å². The van der Waals surface area contributed by atoms with Crippen molar-refractivity contribution in [2.45, 2.75) is 15.8 Å². The van der Waals surface area contributed by atoms with Crippen LogP contribution in [0.1, 0.15) is 11.6 Å². The molecule has 0 aromatic heterocycles. The third-order valence-electron chi connectivity index (χ3n) is 4.05. The van der Waals surface area contributed by atoms with E-state index in [2.05, 4.69) is 59.3 Å². The van der Waals surface area contributed by atoms with Crippen molar-refractivity contribution < 1.29 is 0 Å². The second-order valence-corrected chi connectivity index (χ2v) is 7.11. The van der Waals surface area contributed by atoms with Crippen LogP contribution in [0.15, 0.2) is 71.0 Å². The van der Waals surface area contributed by atoms with Gasteiger partial charge in [-0.15, -0.1) is 6.58 Å². The third kappa shape index (κ3) is 4.18. The van der Waals surface area contributed by atoms with Gasteiger partial charge in [-0.25, -0.2) is 0 Å². The van der Waals surface area contributed by atoms with Crippen molar-refractivity contribution in [1.82, 2.24) is 10.2 Å². The highest BCUT2D eigenvalue weighted by molar-refractivity contribution is 7.99. The quantitative estimate of drug-likeness (QED) is 0.796. The van der Waals surface area contributed by atoms with E-state index < -0.39 is 0 Å². The summed E-state index contributed by atoms with van der Waals surface area (Å²) in [7, 11) is 0. The molecule has 1 saturated heterocycles. The highest BCUT2D eigenvalue weighted by atomic mass is 35.5. The molecule has 4 heteroatoms. The van der Waals surface area contributed by atoms with E-state index >= 15 is 0 Å². The topological polar surface area (TPSA) is 15.3 Å². The van der Waals surface area contributed by atoms with Crippen molar-refractivity contribution in [3.63, 3.8) is 0 Å². The molecule has 2 aromatic rings. The SMILES string of the molecule is C=C[C@@H](c1ccccc1Sc1ccc(Cl)cc1)N1CCNCC1. The summed E-state index contributed by atoms with van der Waals surface area (Å²) in [5, 5.41) is 4.18. The fourth-order valence-electron chi connectivity index (χ4n) is 2.88. The van der Waals surface area contributed by atoms with Gasteiger partial charge in [0.1, 0.15) is 0 Å². The minimum atomic E-state index is 0.258. The van der Waals surface area contributed by atoms with E-state index in [1.165, 1.54) is 15.4 Å². The Morgan fingerprint density at radius 3 is 2.48 bits per heavy atom. The molecule has 1 heterocycles. The molecule has 120 valence electrons. The molecule has 2 aromatic carbocycles. The summed E-state index contributed by atoms with van der Waals surface area (Å²) >= 11 is 7.77. The Balaban J connectivity index is 1.86. The lowest BCUT2D eigenvalue weighted by atomic mass is 10.0. The van der Waals surface area contributed by atoms with E-state index in [4.69, 9.17) is 11.6 Å². The average molecular weight is 345 g/mol. The van der Waals surface area contributed by atoms with Crippen LogP contribution >= 0.6 is 23.4 Å². The van der Waals surface area contributed by atoms with Gasteiger partial charge in [0.25, 0.3) is 0 Å². The van der Waals surface area contributed by atoms with Crippen molar-refractivity contribution in [2.24, 2.45) is 0 Å². The van der Waals surface area contributed by atoms with Crippen LogP contribution in [0, 0.1) is 0 Å². The molecular formula is C19H21ClN2S. The number of halogens is 1. The van der Waals surface area contributed by atoms with Crippen LogP contribution in [0.5, 0.6) is 0 Å². The zero-order valence-electron chi connectivity index (χ0n) is 13.0. The summed E-state index contributed by atoms with van der Waals surface area (Å²) in [6.07, 6.45) is 2.06. The number of rotatable bonds is 5. The first-order valence-corrected chi connectivity index (χ1v) is 9.07. The largest absolute Gasteiger partial charge is 0.314 e. The minimum Gasteiger partial charge on any atom is -0.314 e. The number of nitrogens with zero attached hydrogens (tertiary/aromatic N) is 1. The van der Waals surface area contributed by atoms with E-state index in [1.807, 2.05) is 12.1 Å². The smallest absolute Gasteiger partial charge is 0.0541 e. The first-order valence-electron chi connectivity index (χ1n) is 7.87. The summed E-state index contributed by atoms with van der Waals surface area (Å²) in [6, 6.07) is 16.9. The molecular weight excluding hydrogens is 324 g/mol. The predicted molar refractivity (Wildman–Crippen MR) is 99.4 cm³/mol. The maximum atomic E-state index is 5.99. The molecule has 1 aliphatic rings. The van der Waals surface area contributed by atoms with Crippen molar-refractivity contribution in [3.8, 4) is 0 Å². The first kappa shape index (κ1) is 16.6. The molecule has 2 nitrogen and oxygen atoms in total. The molecule has 0 aliphatic carbocycles. The Bertz CT molecular complexity index is 651. The summed E-state index contributed by atoms with van der Waals surface area (Å²) < 4.78 is 0. The van der Waals surface area contributed by atoms with Crippen LogP contribution in [-0.2, 0) is 0 Å². The van der Waals surface area contributed by atoms with E-state index in [0.717, 1.165) is 31.2 Å². The minimum absolute atomic E-state index is 0.258. The van der Waals surface area contributed by atoms with Crippen molar-refractivity contribution >= 4 is 23.4 Å². The summed E-state index contributed by atoms with van der Waals surface area (Å²) in [5.41, 5.74) is 1.32. The number of nitrogens with one attached hydrogen (secondary N) is 1.